The van der Waals surface area contributed by atoms with E-state index in [-0.39, 0.29) is 18.1 Å². The molecule has 31 heavy (non-hydrogen) atoms. The number of H-pyrrole nitrogens is 1. The Morgan fingerprint density at radius 2 is 2.19 bits per heavy atom. The largest absolute Gasteiger partial charge is 0.465 e. The lowest BCUT2D eigenvalue weighted by molar-refractivity contribution is 0.217. The first-order valence-corrected chi connectivity index (χ1v) is 10.1. The van der Waals surface area contributed by atoms with Crippen LogP contribution in [0.2, 0.25) is 0 Å². The fraction of sp³-hybridized carbons (Fsp3) is 0.450. The van der Waals surface area contributed by atoms with Crippen molar-refractivity contribution < 1.29 is 14.1 Å². The maximum absolute atomic E-state index is 12.6. The Morgan fingerprint density at radius 3 is 2.87 bits per heavy atom. The number of aromatic nitrogens is 4. The summed E-state index contributed by atoms with van der Waals surface area (Å²) in [5.41, 5.74) is 2.27. The predicted molar refractivity (Wildman–Crippen MR) is 112 cm³/mol. The number of carbonyl (C=O) groups excluding carboxylic acids is 1. The van der Waals surface area contributed by atoms with Crippen LogP contribution in [0.15, 0.2) is 23.0 Å². The molecule has 4 heterocycles. The van der Waals surface area contributed by atoms with Crippen LogP contribution in [0.5, 0.6) is 6.01 Å². The topological polar surface area (TPSA) is 117 Å². The second-order valence-corrected chi connectivity index (χ2v) is 8.02. The van der Waals surface area contributed by atoms with Crippen molar-refractivity contribution in [2.24, 2.45) is 11.8 Å². The molecule has 3 atom stereocenters. The molecule has 2 amide bonds. The Kier molecular flexibility index (Phi) is 4.62. The van der Waals surface area contributed by atoms with Crippen LogP contribution >= 0.6 is 0 Å². The number of hydrogen-bond donors (Lipinski definition) is 2. The molecule has 1 unspecified atom stereocenters. The minimum Gasteiger partial charge on any atom is -0.465 e. The van der Waals surface area contributed by atoms with Gasteiger partial charge in [0.15, 0.2) is 0 Å². The molecule has 1 aliphatic heterocycles. The lowest BCUT2D eigenvalue weighted by Crippen LogP contribution is -2.36. The monoisotopic (exact) mass is 422 g/mol. The van der Waals surface area contributed by atoms with Gasteiger partial charge in [-0.2, -0.15) is 0 Å². The van der Waals surface area contributed by atoms with E-state index in [1.54, 1.807) is 11.1 Å². The van der Waals surface area contributed by atoms with Crippen molar-refractivity contribution in [3.63, 3.8) is 0 Å². The third kappa shape index (κ3) is 3.30. The second kappa shape index (κ2) is 7.46. The number of fused-ring (bicyclic) bond motifs is 2. The van der Waals surface area contributed by atoms with Gasteiger partial charge in [0.2, 0.25) is 5.69 Å². The summed E-state index contributed by atoms with van der Waals surface area (Å²) in [4.78, 5) is 31.7. The lowest BCUT2D eigenvalue weighted by atomic mass is 10.0. The first-order chi connectivity index (χ1) is 15.1. The van der Waals surface area contributed by atoms with E-state index in [0.717, 1.165) is 29.6 Å². The maximum Gasteiger partial charge on any atom is 0.355 e. The number of urea groups is 1. The fourth-order valence-corrected chi connectivity index (χ4v) is 4.88. The number of likely N-dealkylation sites (tertiary alicyclic amines) is 1. The molecule has 1 aliphatic carbocycles. The molecular formula is C20H22N8O3. The van der Waals surface area contributed by atoms with Crippen LogP contribution in [0.25, 0.3) is 15.9 Å². The van der Waals surface area contributed by atoms with E-state index in [1.165, 1.54) is 7.11 Å². The van der Waals surface area contributed by atoms with Gasteiger partial charge >= 0.3 is 18.1 Å². The summed E-state index contributed by atoms with van der Waals surface area (Å²) in [7, 11) is 3.48. The van der Waals surface area contributed by atoms with Crippen molar-refractivity contribution in [3.05, 3.63) is 29.9 Å². The van der Waals surface area contributed by atoms with Gasteiger partial charge in [-0.05, 0) is 35.9 Å². The van der Waals surface area contributed by atoms with Gasteiger partial charge in [-0.25, -0.2) is 9.64 Å². The van der Waals surface area contributed by atoms with Gasteiger partial charge in [0.25, 0.3) is 0 Å². The van der Waals surface area contributed by atoms with Crippen molar-refractivity contribution in [3.8, 4) is 6.01 Å². The highest BCUT2D eigenvalue weighted by Crippen LogP contribution is 2.44. The Bertz CT molecular complexity index is 1150. The number of anilines is 2. The summed E-state index contributed by atoms with van der Waals surface area (Å²) >= 11 is 0. The van der Waals surface area contributed by atoms with Crippen LogP contribution in [0.3, 0.4) is 0 Å². The molecule has 0 radical (unpaired) electrons. The number of nitrogens with one attached hydrogen (secondary N) is 2. The lowest BCUT2D eigenvalue weighted by Gasteiger charge is -2.30. The van der Waals surface area contributed by atoms with E-state index < -0.39 is 0 Å². The van der Waals surface area contributed by atoms with Crippen molar-refractivity contribution >= 4 is 34.5 Å². The minimum atomic E-state index is -0.246. The van der Waals surface area contributed by atoms with E-state index in [4.69, 9.17) is 15.8 Å². The van der Waals surface area contributed by atoms with Gasteiger partial charge in [0, 0.05) is 44.0 Å². The summed E-state index contributed by atoms with van der Waals surface area (Å²) < 4.78 is 9.81. The van der Waals surface area contributed by atoms with Crippen molar-refractivity contribution in [2.45, 2.75) is 18.9 Å². The quantitative estimate of drug-likeness (QED) is 0.621. The number of nitrogens with zero attached hydrogens (tertiary/aromatic N) is 6. The van der Waals surface area contributed by atoms with Crippen molar-refractivity contribution in [1.82, 2.24) is 25.0 Å². The van der Waals surface area contributed by atoms with Crippen molar-refractivity contribution in [2.75, 3.05) is 37.5 Å². The summed E-state index contributed by atoms with van der Waals surface area (Å²) in [6, 6.07) is 2.13. The summed E-state index contributed by atoms with van der Waals surface area (Å²) in [6.45, 7) is 8.91. The van der Waals surface area contributed by atoms with E-state index >= 15 is 0 Å². The number of methoxy groups -OCH3 is 1. The Balaban J connectivity index is 1.26. The molecule has 5 rings (SSSR count). The van der Waals surface area contributed by atoms with Crippen LogP contribution in [-0.2, 0) is 0 Å². The zero-order valence-electron chi connectivity index (χ0n) is 17.2. The summed E-state index contributed by atoms with van der Waals surface area (Å²) in [5.74, 6) is 0.825. The molecule has 2 fully saturated rings. The highest BCUT2D eigenvalue weighted by molar-refractivity contribution is 5.97. The molecule has 1 saturated carbocycles. The third-order valence-corrected chi connectivity index (χ3v) is 6.38. The fourth-order valence-electron chi connectivity index (χ4n) is 4.88. The average Bonchev–Trinajstić information content (AvgIpc) is 3.54. The van der Waals surface area contributed by atoms with E-state index in [0.29, 0.717) is 36.7 Å². The van der Waals surface area contributed by atoms with Gasteiger partial charge in [0.1, 0.15) is 5.65 Å². The number of carbonyl (C=O) groups is 1. The molecule has 3 aromatic rings. The van der Waals surface area contributed by atoms with Gasteiger partial charge in [-0.1, -0.05) is 0 Å². The molecule has 11 nitrogen and oxygen atoms in total. The highest BCUT2D eigenvalue weighted by Gasteiger charge is 2.44. The van der Waals surface area contributed by atoms with E-state index in [9.17, 15) is 4.79 Å². The zero-order chi connectivity index (χ0) is 21.5. The predicted octanol–water partition coefficient (Wildman–Crippen LogP) is 2.88. The first-order valence-electron chi connectivity index (χ1n) is 10.1. The van der Waals surface area contributed by atoms with E-state index in [1.807, 2.05) is 12.3 Å². The first kappa shape index (κ1) is 19.2. The van der Waals surface area contributed by atoms with Gasteiger partial charge in [0.05, 0.1) is 19.4 Å². The number of hydrogen-bond acceptors (Lipinski definition) is 7. The molecule has 0 bridgehead atoms. The SMILES string of the molecule is [C-]#[N+]c1cnc2[nH]ccc2c1N(C)C1C[C@@H]2CN(C(=O)Nc3nc(OC)no3)C[C@@H]2C1. The number of pyridine rings is 1. The normalized spacial score (nSPS) is 22.4. The van der Waals surface area contributed by atoms with Gasteiger partial charge < -0.3 is 24.0 Å². The molecule has 0 spiro atoms. The Hall–Kier alpha value is -3.81. The summed E-state index contributed by atoms with van der Waals surface area (Å²) in [6.07, 6.45) is 5.41. The number of aromatic amines is 1. The van der Waals surface area contributed by atoms with Crippen LogP contribution in [0, 0.1) is 18.4 Å². The molecule has 1 saturated heterocycles. The molecule has 0 aromatic carbocycles. The van der Waals surface area contributed by atoms with Crippen molar-refractivity contribution in [1.29, 1.82) is 0 Å². The standard InChI is InChI=1S/C20H22N8O3/c1-21-15-8-23-17-14(4-5-22-17)16(15)27(2)13-6-11-9-28(10-12(11)7-13)20(29)25-18-24-19(30-3)26-31-18/h4-5,8,11-13H,6-7,9-10H2,2-3H3,(H,22,23)(H,24,25,26,29)/t11-,12+,13?. The maximum atomic E-state index is 12.6. The molecular weight excluding hydrogens is 400 g/mol. The molecule has 3 aromatic heterocycles. The molecule has 2 aliphatic rings. The third-order valence-electron chi connectivity index (χ3n) is 6.38. The average molecular weight is 422 g/mol. The Morgan fingerprint density at radius 1 is 1.42 bits per heavy atom. The van der Waals surface area contributed by atoms with Gasteiger partial charge in [-0.3, -0.25) is 10.3 Å². The number of rotatable bonds is 4. The van der Waals surface area contributed by atoms with Crippen LogP contribution in [0.4, 0.5) is 22.2 Å². The highest BCUT2D eigenvalue weighted by atomic mass is 16.5. The van der Waals surface area contributed by atoms with Crippen LogP contribution < -0.4 is 15.0 Å². The summed E-state index contributed by atoms with van der Waals surface area (Å²) in [5, 5.41) is 7.18. The minimum absolute atomic E-state index is 0.0244. The molecule has 11 heteroatoms. The van der Waals surface area contributed by atoms with Crippen LogP contribution in [-0.4, -0.2) is 64.3 Å². The smallest absolute Gasteiger partial charge is 0.355 e. The Labute approximate surface area is 178 Å². The zero-order valence-corrected chi connectivity index (χ0v) is 17.2. The van der Waals surface area contributed by atoms with Crippen LogP contribution in [0.1, 0.15) is 12.8 Å². The van der Waals surface area contributed by atoms with E-state index in [2.05, 4.69) is 42.2 Å². The second-order valence-electron chi connectivity index (χ2n) is 8.02. The number of ether oxygens (including phenoxy) is 1. The van der Waals surface area contributed by atoms with Gasteiger partial charge in [-0.15, -0.1) is 4.98 Å². The molecule has 2 N–H and O–H groups in total. The number of amides is 2. The molecule has 160 valence electrons.